The summed E-state index contributed by atoms with van der Waals surface area (Å²) in [7, 11) is 1.97. The zero-order valence-electron chi connectivity index (χ0n) is 11.6. The maximum atomic E-state index is 12.3. The van der Waals surface area contributed by atoms with Crippen LogP contribution in [0.4, 0.5) is 5.82 Å². The number of Topliss-reactive ketones (excluding diaryl/α,β-unsaturated/α-hetero) is 1. The van der Waals surface area contributed by atoms with Gasteiger partial charge in [0.1, 0.15) is 11.6 Å². The lowest BCUT2D eigenvalue weighted by atomic mass is 9.78. The number of rotatable bonds is 5. The number of aromatic nitrogens is 1. The number of hydrogen-bond donors (Lipinski definition) is 2. The second kappa shape index (κ2) is 6.15. The number of nitrogen functional groups attached to an aromatic ring is 1. The molecule has 4 nitrogen and oxygen atoms in total. The molecule has 0 amide bonds. The van der Waals surface area contributed by atoms with Gasteiger partial charge in [-0.25, -0.2) is 4.98 Å². The summed E-state index contributed by atoms with van der Waals surface area (Å²) in [4.78, 5) is 16.3. The van der Waals surface area contributed by atoms with Crippen molar-refractivity contribution in [3.05, 3.63) is 23.9 Å². The van der Waals surface area contributed by atoms with Crippen LogP contribution in [0.3, 0.4) is 0 Å². The zero-order valence-corrected chi connectivity index (χ0v) is 11.6. The van der Waals surface area contributed by atoms with Crippen molar-refractivity contribution in [3.63, 3.8) is 0 Å². The Morgan fingerprint density at radius 3 is 2.79 bits per heavy atom. The van der Waals surface area contributed by atoms with Gasteiger partial charge in [0.15, 0.2) is 0 Å². The summed E-state index contributed by atoms with van der Waals surface area (Å²) in [5.74, 6) is 0.717. The second-order valence-electron chi connectivity index (χ2n) is 5.53. The van der Waals surface area contributed by atoms with Gasteiger partial charge in [0.2, 0.25) is 0 Å². The first-order valence-corrected chi connectivity index (χ1v) is 7.05. The van der Waals surface area contributed by atoms with Crippen molar-refractivity contribution in [2.75, 3.05) is 12.8 Å². The van der Waals surface area contributed by atoms with Crippen molar-refractivity contribution in [3.8, 4) is 0 Å². The van der Waals surface area contributed by atoms with Crippen LogP contribution in [-0.2, 0) is 11.2 Å². The summed E-state index contributed by atoms with van der Waals surface area (Å²) < 4.78 is 0. The molecule has 0 aliphatic heterocycles. The molecule has 19 heavy (non-hydrogen) atoms. The molecular formula is C15H23N3O. The molecule has 2 rings (SSSR count). The molecule has 1 aromatic rings. The molecule has 0 saturated heterocycles. The molecule has 1 fully saturated rings. The van der Waals surface area contributed by atoms with Gasteiger partial charge in [-0.05, 0) is 26.0 Å². The van der Waals surface area contributed by atoms with Gasteiger partial charge in [-0.15, -0.1) is 0 Å². The molecule has 1 aliphatic carbocycles. The average molecular weight is 261 g/mol. The maximum Gasteiger partial charge on any atom is 0.139 e. The number of nitrogens with one attached hydrogen (secondary N) is 1. The van der Waals surface area contributed by atoms with Gasteiger partial charge in [-0.3, -0.25) is 4.79 Å². The van der Waals surface area contributed by atoms with Crippen LogP contribution in [0.15, 0.2) is 18.3 Å². The SMILES string of the molecule is CNC1(CC(=O)Cc2cccnc2N)CCCCC1. The van der Waals surface area contributed by atoms with E-state index < -0.39 is 0 Å². The summed E-state index contributed by atoms with van der Waals surface area (Å²) in [5, 5.41) is 3.38. The molecule has 1 heterocycles. The van der Waals surface area contributed by atoms with E-state index in [-0.39, 0.29) is 11.3 Å². The summed E-state index contributed by atoms with van der Waals surface area (Å²) in [6.07, 6.45) is 8.54. The van der Waals surface area contributed by atoms with Crippen LogP contribution in [-0.4, -0.2) is 23.4 Å². The van der Waals surface area contributed by atoms with E-state index >= 15 is 0 Å². The van der Waals surface area contributed by atoms with Crippen molar-refractivity contribution >= 4 is 11.6 Å². The number of anilines is 1. The van der Waals surface area contributed by atoms with Crippen molar-refractivity contribution in [2.24, 2.45) is 0 Å². The predicted octanol–water partition coefficient (Wildman–Crippen LogP) is 2.09. The van der Waals surface area contributed by atoms with Crippen LogP contribution in [0, 0.1) is 0 Å². The highest BCUT2D eigenvalue weighted by molar-refractivity contribution is 5.83. The Hall–Kier alpha value is -1.42. The Balaban J connectivity index is 1.98. The van der Waals surface area contributed by atoms with Gasteiger partial charge >= 0.3 is 0 Å². The van der Waals surface area contributed by atoms with E-state index in [1.165, 1.54) is 19.3 Å². The fourth-order valence-electron chi connectivity index (χ4n) is 3.00. The standard InChI is InChI=1S/C15H23N3O/c1-17-15(7-3-2-4-8-15)11-13(19)10-12-6-5-9-18-14(12)16/h5-6,9,17H,2-4,7-8,10-11H2,1H3,(H2,16,18). The molecule has 1 aromatic heterocycles. The molecule has 0 unspecified atom stereocenters. The van der Waals surface area contributed by atoms with Gasteiger partial charge in [0.05, 0.1) is 0 Å². The van der Waals surface area contributed by atoms with E-state index in [9.17, 15) is 4.79 Å². The van der Waals surface area contributed by atoms with Crippen LogP contribution in [0.2, 0.25) is 0 Å². The van der Waals surface area contributed by atoms with E-state index in [1.54, 1.807) is 6.20 Å². The van der Waals surface area contributed by atoms with Gasteiger partial charge in [-0.1, -0.05) is 25.3 Å². The van der Waals surface area contributed by atoms with Crippen molar-refractivity contribution in [1.82, 2.24) is 10.3 Å². The van der Waals surface area contributed by atoms with Crippen LogP contribution >= 0.6 is 0 Å². The van der Waals surface area contributed by atoms with Gasteiger partial charge in [-0.2, -0.15) is 0 Å². The van der Waals surface area contributed by atoms with E-state index in [0.717, 1.165) is 18.4 Å². The predicted molar refractivity (Wildman–Crippen MR) is 76.9 cm³/mol. The number of nitrogens with zero attached hydrogens (tertiary/aromatic N) is 1. The van der Waals surface area contributed by atoms with Gasteiger partial charge in [0, 0.05) is 30.1 Å². The third-order valence-electron chi connectivity index (χ3n) is 4.19. The summed E-state index contributed by atoms with van der Waals surface area (Å²) in [6.45, 7) is 0. The first kappa shape index (κ1) is 14.0. The molecule has 3 N–H and O–H groups in total. The Morgan fingerprint density at radius 1 is 1.42 bits per heavy atom. The Bertz CT molecular complexity index is 439. The third-order valence-corrected chi connectivity index (χ3v) is 4.19. The number of carbonyl (C=O) groups excluding carboxylic acids is 1. The van der Waals surface area contributed by atoms with Crippen LogP contribution in [0.1, 0.15) is 44.1 Å². The molecule has 1 aliphatic rings. The van der Waals surface area contributed by atoms with Crippen LogP contribution < -0.4 is 11.1 Å². The minimum atomic E-state index is 0.00625. The molecule has 1 saturated carbocycles. The number of carbonyl (C=O) groups is 1. The molecule has 0 bridgehead atoms. The lowest BCUT2D eigenvalue weighted by Crippen LogP contribution is -2.46. The van der Waals surface area contributed by atoms with E-state index in [0.29, 0.717) is 18.7 Å². The molecule has 0 aromatic carbocycles. The fourth-order valence-corrected chi connectivity index (χ4v) is 3.00. The smallest absolute Gasteiger partial charge is 0.139 e. The monoisotopic (exact) mass is 261 g/mol. The first-order chi connectivity index (χ1) is 9.15. The Labute approximate surface area is 114 Å². The molecule has 104 valence electrons. The molecular weight excluding hydrogens is 238 g/mol. The van der Waals surface area contributed by atoms with E-state index in [1.807, 2.05) is 19.2 Å². The number of ketones is 1. The first-order valence-electron chi connectivity index (χ1n) is 7.05. The van der Waals surface area contributed by atoms with Crippen LogP contribution in [0.5, 0.6) is 0 Å². The zero-order chi connectivity index (χ0) is 13.7. The topological polar surface area (TPSA) is 68.0 Å². The lowest BCUT2D eigenvalue weighted by molar-refractivity contribution is -0.120. The third kappa shape index (κ3) is 3.53. The highest BCUT2D eigenvalue weighted by Crippen LogP contribution is 2.31. The number of nitrogens with two attached hydrogens (primary N) is 1. The summed E-state index contributed by atoms with van der Waals surface area (Å²) in [5.41, 5.74) is 6.64. The highest BCUT2D eigenvalue weighted by atomic mass is 16.1. The van der Waals surface area contributed by atoms with Gasteiger partial charge < -0.3 is 11.1 Å². The number of hydrogen-bond acceptors (Lipinski definition) is 4. The quantitative estimate of drug-likeness (QED) is 0.851. The van der Waals surface area contributed by atoms with Crippen molar-refractivity contribution < 1.29 is 4.79 Å². The van der Waals surface area contributed by atoms with E-state index in [2.05, 4.69) is 10.3 Å². The fraction of sp³-hybridized carbons (Fsp3) is 0.600. The molecule has 0 atom stereocenters. The minimum absolute atomic E-state index is 0.00625. The number of pyridine rings is 1. The summed E-state index contributed by atoms with van der Waals surface area (Å²) in [6, 6.07) is 3.71. The lowest BCUT2D eigenvalue weighted by Gasteiger charge is -2.36. The maximum absolute atomic E-state index is 12.3. The van der Waals surface area contributed by atoms with E-state index in [4.69, 9.17) is 5.73 Å². The minimum Gasteiger partial charge on any atom is -0.383 e. The normalized spacial score (nSPS) is 18.2. The summed E-state index contributed by atoms with van der Waals surface area (Å²) >= 11 is 0. The van der Waals surface area contributed by atoms with Crippen molar-refractivity contribution in [1.29, 1.82) is 0 Å². The largest absolute Gasteiger partial charge is 0.383 e. The van der Waals surface area contributed by atoms with Crippen LogP contribution in [0.25, 0.3) is 0 Å². The Morgan fingerprint density at radius 2 is 2.16 bits per heavy atom. The Kier molecular flexibility index (Phi) is 4.53. The second-order valence-corrected chi connectivity index (χ2v) is 5.53. The highest BCUT2D eigenvalue weighted by Gasteiger charge is 2.32. The van der Waals surface area contributed by atoms with Crippen molar-refractivity contribution in [2.45, 2.75) is 50.5 Å². The molecule has 4 heteroatoms. The average Bonchev–Trinajstić information content (AvgIpc) is 2.42. The molecule has 0 spiro atoms. The van der Waals surface area contributed by atoms with Gasteiger partial charge in [0.25, 0.3) is 0 Å². The molecule has 0 radical (unpaired) electrons.